The summed E-state index contributed by atoms with van der Waals surface area (Å²) in [6.45, 7) is 1.01. The summed E-state index contributed by atoms with van der Waals surface area (Å²) >= 11 is 0. The molecular formula is C22H27N3O3. The van der Waals surface area contributed by atoms with Crippen LogP contribution in [0.15, 0.2) is 48.5 Å². The Morgan fingerprint density at radius 3 is 2.61 bits per heavy atom. The van der Waals surface area contributed by atoms with Gasteiger partial charge in [-0.25, -0.2) is 0 Å². The summed E-state index contributed by atoms with van der Waals surface area (Å²) in [5, 5.41) is 5.66. The molecule has 1 aliphatic rings. The van der Waals surface area contributed by atoms with Crippen molar-refractivity contribution in [2.24, 2.45) is 0 Å². The lowest BCUT2D eigenvalue weighted by Gasteiger charge is -2.33. The predicted octanol–water partition coefficient (Wildman–Crippen LogP) is 2.90. The number of methoxy groups -OCH3 is 1. The number of hydrogen-bond donors (Lipinski definition) is 2. The second kappa shape index (κ2) is 9.37. The number of nitrogens with zero attached hydrogens (tertiary/aromatic N) is 1. The summed E-state index contributed by atoms with van der Waals surface area (Å²) in [4.78, 5) is 26.6. The second-order valence-electron chi connectivity index (χ2n) is 6.96. The maximum atomic E-state index is 12.9. The summed E-state index contributed by atoms with van der Waals surface area (Å²) in [6, 6.07) is 15.3. The van der Waals surface area contributed by atoms with E-state index in [-0.39, 0.29) is 24.4 Å². The van der Waals surface area contributed by atoms with Gasteiger partial charge in [-0.2, -0.15) is 0 Å². The van der Waals surface area contributed by atoms with Gasteiger partial charge in [-0.1, -0.05) is 30.7 Å². The number of anilines is 1. The second-order valence-corrected chi connectivity index (χ2v) is 6.96. The van der Waals surface area contributed by atoms with Crippen LogP contribution in [0.4, 0.5) is 5.69 Å². The smallest absolute Gasteiger partial charge is 0.241 e. The Balaban J connectivity index is 1.73. The van der Waals surface area contributed by atoms with E-state index in [0.717, 1.165) is 48.4 Å². The minimum absolute atomic E-state index is 0.0635. The molecule has 0 bridgehead atoms. The predicted molar refractivity (Wildman–Crippen MR) is 110 cm³/mol. The van der Waals surface area contributed by atoms with Gasteiger partial charge in [0, 0.05) is 12.7 Å². The van der Waals surface area contributed by atoms with Crippen LogP contribution in [0.2, 0.25) is 0 Å². The van der Waals surface area contributed by atoms with Crippen molar-refractivity contribution < 1.29 is 14.3 Å². The fourth-order valence-corrected chi connectivity index (χ4v) is 3.55. The molecule has 0 radical (unpaired) electrons. The van der Waals surface area contributed by atoms with Gasteiger partial charge >= 0.3 is 0 Å². The van der Waals surface area contributed by atoms with E-state index in [4.69, 9.17) is 4.74 Å². The molecule has 1 heterocycles. The quantitative estimate of drug-likeness (QED) is 0.807. The minimum atomic E-state index is -0.286. The highest BCUT2D eigenvalue weighted by molar-refractivity contribution is 5.95. The first-order valence-electron chi connectivity index (χ1n) is 9.60. The molecule has 1 aliphatic heterocycles. The molecule has 6 heteroatoms. The average Bonchev–Trinajstić information content (AvgIpc) is 2.74. The third-order valence-corrected chi connectivity index (χ3v) is 5.08. The molecule has 0 unspecified atom stereocenters. The van der Waals surface area contributed by atoms with Crippen LogP contribution in [0.5, 0.6) is 5.75 Å². The number of carbonyl (C=O) groups is 2. The van der Waals surface area contributed by atoms with Crippen molar-refractivity contribution in [1.29, 1.82) is 0 Å². The molecule has 2 aromatic carbocycles. The monoisotopic (exact) mass is 381 g/mol. The zero-order valence-electron chi connectivity index (χ0n) is 16.4. The van der Waals surface area contributed by atoms with Crippen LogP contribution < -0.4 is 15.4 Å². The first kappa shape index (κ1) is 19.9. The molecule has 2 aromatic rings. The van der Waals surface area contributed by atoms with E-state index in [1.54, 1.807) is 14.2 Å². The van der Waals surface area contributed by atoms with Gasteiger partial charge in [0.1, 0.15) is 5.75 Å². The standard InChI is InChI=1S/C22H27N3O3/c1-23-21(26)15-25-12-4-3-11-20(25)22(27)24-18-9-5-7-16(13-18)17-8-6-10-19(14-17)28-2/h5-10,13-14,20H,3-4,11-12,15H2,1-2H3,(H,23,26)(H,24,27)/t20-/m1/s1. The SMILES string of the molecule is CNC(=O)CN1CCCC[C@@H]1C(=O)Nc1cccc(-c2cccc(OC)c2)c1. The zero-order chi connectivity index (χ0) is 19.9. The molecule has 0 aromatic heterocycles. The molecule has 0 spiro atoms. The highest BCUT2D eigenvalue weighted by Crippen LogP contribution is 2.26. The topological polar surface area (TPSA) is 70.7 Å². The van der Waals surface area contributed by atoms with E-state index in [9.17, 15) is 9.59 Å². The van der Waals surface area contributed by atoms with Gasteiger partial charge in [0.15, 0.2) is 0 Å². The molecule has 1 fully saturated rings. The fraction of sp³-hybridized carbons (Fsp3) is 0.364. The van der Waals surface area contributed by atoms with Crippen LogP contribution in [0, 0.1) is 0 Å². The molecule has 1 atom stereocenters. The minimum Gasteiger partial charge on any atom is -0.497 e. The van der Waals surface area contributed by atoms with Crippen LogP contribution in [-0.2, 0) is 9.59 Å². The zero-order valence-corrected chi connectivity index (χ0v) is 16.4. The Labute approximate surface area is 165 Å². The number of rotatable bonds is 6. The number of likely N-dealkylation sites (tertiary alicyclic amines) is 1. The molecule has 1 saturated heterocycles. The Morgan fingerprint density at radius 1 is 1.11 bits per heavy atom. The van der Waals surface area contributed by atoms with Gasteiger partial charge in [-0.3, -0.25) is 14.5 Å². The number of ether oxygens (including phenoxy) is 1. The van der Waals surface area contributed by atoms with Gasteiger partial charge in [0.2, 0.25) is 11.8 Å². The number of nitrogens with one attached hydrogen (secondary N) is 2. The largest absolute Gasteiger partial charge is 0.497 e. The third kappa shape index (κ3) is 4.89. The number of amides is 2. The molecule has 0 aliphatic carbocycles. The number of benzene rings is 2. The van der Waals surface area contributed by atoms with E-state index in [2.05, 4.69) is 10.6 Å². The highest BCUT2D eigenvalue weighted by Gasteiger charge is 2.29. The molecule has 0 saturated carbocycles. The van der Waals surface area contributed by atoms with Crippen LogP contribution in [0.3, 0.4) is 0 Å². The van der Waals surface area contributed by atoms with Crippen LogP contribution in [0.25, 0.3) is 11.1 Å². The normalized spacial score (nSPS) is 17.0. The molecule has 2 amide bonds. The van der Waals surface area contributed by atoms with Crippen molar-refractivity contribution in [2.75, 3.05) is 32.6 Å². The van der Waals surface area contributed by atoms with E-state index in [1.165, 1.54) is 0 Å². The lowest BCUT2D eigenvalue weighted by atomic mass is 10.0. The highest BCUT2D eigenvalue weighted by atomic mass is 16.5. The van der Waals surface area contributed by atoms with Gasteiger partial charge < -0.3 is 15.4 Å². The summed E-state index contributed by atoms with van der Waals surface area (Å²) in [5.74, 6) is 0.658. The fourth-order valence-electron chi connectivity index (χ4n) is 3.55. The van der Waals surface area contributed by atoms with Gasteiger partial charge in [0.25, 0.3) is 0 Å². The van der Waals surface area contributed by atoms with Gasteiger partial charge in [-0.15, -0.1) is 0 Å². The first-order chi connectivity index (χ1) is 13.6. The first-order valence-corrected chi connectivity index (χ1v) is 9.60. The van der Waals surface area contributed by atoms with Crippen molar-refractivity contribution in [3.63, 3.8) is 0 Å². The number of likely N-dealkylation sites (N-methyl/N-ethyl adjacent to an activating group) is 1. The summed E-state index contributed by atoms with van der Waals surface area (Å²) in [6.07, 6.45) is 2.76. The Hall–Kier alpha value is -2.86. The van der Waals surface area contributed by atoms with E-state index < -0.39 is 0 Å². The van der Waals surface area contributed by atoms with Crippen molar-refractivity contribution in [2.45, 2.75) is 25.3 Å². The molecule has 3 rings (SSSR count). The van der Waals surface area contributed by atoms with Gasteiger partial charge in [0.05, 0.1) is 19.7 Å². The summed E-state index contributed by atoms with van der Waals surface area (Å²) < 4.78 is 5.30. The van der Waals surface area contributed by atoms with E-state index in [0.29, 0.717) is 0 Å². The van der Waals surface area contributed by atoms with Crippen molar-refractivity contribution in [3.8, 4) is 16.9 Å². The van der Waals surface area contributed by atoms with Crippen molar-refractivity contribution in [3.05, 3.63) is 48.5 Å². The van der Waals surface area contributed by atoms with Crippen LogP contribution in [-0.4, -0.2) is 50.0 Å². The maximum absolute atomic E-state index is 12.9. The Bertz CT molecular complexity index is 837. The van der Waals surface area contributed by atoms with Crippen LogP contribution in [0.1, 0.15) is 19.3 Å². The van der Waals surface area contributed by atoms with Gasteiger partial charge in [-0.05, 0) is 54.8 Å². The average molecular weight is 381 g/mol. The summed E-state index contributed by atoms with van der Waals surface area (Å²) in [7, 11) is 3.26. The van der Waals surface area contributed by atoms with Crippen LogP contribution >= 0.6 is 0 Å². The molecule has 6 nitrogen and oxygen atoms in total. The van der Waals surface area contributed by atoms with Crippen molar-refractivity contribution in [1.82, 2.24) is 10.2 Å². The maximum Gasteiger partial charge on any atom is 0.241 e. The molecule has 148 valence electrons. The van der Waals surface area contributed by atoms with E-state index in [1.807, 2.05) is 53.4 Å². The van der Waals surface area contributed by atoms with E-state index >= 15 is 0 Å². The number of hydrogen-bond acceptors (Lipinski definition) is 4. The molecule has 28 heavy (non-hydrogen) atoms. The molecular weight excluding hydrogens is 354 g/mol. The third-order valence-electron chi connectivity index (χ3n) is 5.08. The summed E-state index contributed by atoms with van der Waals surface area (Å²) in [5.41, 5.74) is 2.77. The Morgan fingerprint density at radius 2 is 1.86 bits per heavy atom. The number of carbonyl (C=O) groups excluding carboxylic acids is 2. The lowest BCUT2D eigenvalue weighted by molar-refractivity contribution is -0.126. The van der Waals surface area contributed by atoms with Crippen molar-refractivity contribution >= 4 is 17.5 Å². The Kier molecular flexibility index (Phi) is 6.66. The molecule has 2 N–H and O–H groups in total. The number of piperidine rings is 1. The lowest BCUT2D eigenvalue weighted by Crippen LogP contribution is -2.50.